The second-order valence-electron chi connectivity index (χ2n) is 6.73. The summed E-state index contributed by atoms with van der Waals surface area (Å²) in [7, 11) is 0. The maximum absolute atomic E-state index is 12.6. The molecule has 1 heterocycles. The van der Waals surface area contributed by atoms with Crippen molar-refractivity contribution in [3.8, 4) is 0 Å². The van der Waals surface area contributed by atoms with Gasteiger partial charge >= 0.3 is 0 Å². The number of nitrogens with one attached hydrogen (secondary N) is 2. The highest BCUT2D eigenvalue weighted by molar-refractivity contribution is 6.03. The molecule has 0 fully saturated rings. The number of anilines is 1. The molecule has 1 aromatic heterocycles. The summed E-state index contributed by atoms with van der Waals surface area (Å²) >= 11 is 0. The molecule has 5 heteroatoms. The SMILES string of the molecule is Cc1ccc(NC(=O)CC(=O)N[C@H](c2ccncc2)c2ccccc2C)cc1. The Morgan fingerprint density at radius 2 is 1.57 bits per heavy atom. The van der Waals surface area contributed by atoms with Gasteiger partial charge in [0.05, 0.1) is 6.04 Å². The lowest BCUT2D eigenvalue weighted by atomic mass is 9.95. The minimum absolute atomic E-state index is 0.249. The number of pyridine rings is 1. The van der Waals surface area contributed by atoms with Gasteiger partial charge in [0.1, 0.15) is 6.42 Å². The quantitative estimate of drug-likeness (QED) is 0.643. The lowest BCUT2D eigenvalue weighted by Crippen LogP contribution is -2.32. The van der Waals surface area contributed by atoms with Crippen molar-refractivity contribution in [2.45, 2.75) is 26.3 Å². The van der Waals surface area contributed by atoms with Crippen LogP contribution in [0.3, 0.4) is 0 Å². The van der Waals surface area contributed by atoms with E-state index >= 15 is 0 Å². The minimum Gasteiger partial charge on any atom is -0.345 e. The summed E-state index contributed by atoms with van der Waals surface area (Å²) in [5.41, 5.74) is 4.74. The topological polar surface area (TPSA) is 71.1 Å². The Kier molecular flexibility index (Phi) is 6.17. The highest BCUT2D eigenvalue weighted by Gasteiger charge is 2.20. The van der Waals surface area contributed by atoms with Crippen molar-refractivity contribution < 1.29 is 9.59 Å². The third-order valence-electron chi connectivity index (χ3n) is 4.50. The Bertz CT molecular complexity index is 953. The summed E-state index contributed by atoms with van der Waals surface area (Å²) < 4.78 is 0. The maximum atomic E-state index is 12.6. The van der Waals surface area contributed by atoms with Crippen LogP contribution >= 0.6 is 0 Å². The van der Waals surface area contributed by atoms with Gasteiger partial charge in [-0.1, -0.05) is 42.0 Å². The first kappa shape index (κ1) is 19.3. The first-order chi connectivity index (χ1) is 13.5. The fraction of sp³-hybridized carbons (Fsp3) is 0.174. The number of amides is 2. The van der Waals surface area contributed by atoms with Crippen LogP contribution in [0.2, 0.25) is 0 Å². The van der Waals surface area contributed by atoms with Crippen molar-refractivity contribution >= 4 is 17.5 Å². The van der Waals surface area contributed by atoms with Gasteiger partial charge in [0, 0.05) is 18.1 Å². The molecule has 28 heavy (non-hydrogen) atoms. The van der Waals surface area contributed by atoms with Gasteiger partial charge in [-0.25, -0.2) is 0 Å². The maximum Gasteiger partial charge on any atom is 0.233 e. The number of carbonyl (C=O) groups excluding carboxylic acids is 2. The Hall–Kier alpha value is -3.47. The van der Waals surface area contributed by atoms with Crippen molar-refractivity contribution in [2.24, 2.45) is 0 Å². The van der Waals surface area contributed by atoms with E-state index in [1.54, 1.807) is 12.4 Å². The van der Waals surface area contributed by atoms with E-state index in [2.05, 4.69) is 15.6 Å². The van der Waals surface area contributed by atoms with Gasteiger partial charge in [0.25, 0.3) is 0 Å². The van der Waals surface area contributed by atoms with Crippen LogP contribution < -0.4 is 10.6 Å². The largest absolute Gasteiger partial charge is 0.345 e. The van der Waals surface area contributed by atoms with E-state index in [1.807, 2.05) is 74.5 Å². The average molecular weight is 373 g/mol. The van der Waals surface area contributed by atoms with E-state index < -0.39 is 0 Å². The number of benzene rings is 2. The monoisotopic (exact) mass is 373 g/mol. The first-order valence-electron chi connectivity index (χ1n) is 9.14. The predicted molar refractivity (Wildman–Crippen MR) is 110 cm³/mol. The van der Waals surface area contributed by atoms with E-state index in [9.17, 15) is 9.59 Å². The van der Waals surface area contributed by atoms with Crippen LogP contribution in [0.15, 0.2) is 73.1 Å². The Labute approximate surface area is 164 Å². The second kappa shape index (κ2) is 8.95. The van der Waals surface area contributed by atoms with E-state index in [1.165, 1.54) is 0 Å². The summed E-state index contributed by atoms with van der Waals surface area (Å²) in [6, 6.07) is 18.7. The first-order valence-corrected chi connectivity index (χ1v) is 9.14. The molecule has 0 unspecified atom stereocenters. The standard InChI is InChI=1S/C23H23N3O2/c1-16-7-9-19(10-8-16)25-21(27)15-22(28)26-23(18-11-13-24-14-12-18)20-6-4-3-5-17(20)2/h3-14,23H,15H2,1-2H3,(H,25,27)(H,26,28)/t23-/m1/s1. The van der Waals surface area contributed by atoms with Crippen molar-refractivity contribution in [2.75, 3.05) is 5.32 Å². The zero-order valence-electron chi connectivity index (χ0n) is 16.0. The fourth-order valence-electron chi connectivity index (χ4n) is 3.01. The molecule has 2 amide bonds. The van der Waals surface area contributed by atoms with Crippen molar-refractivity contribution in [1.29, 1.82) is 0 Å². The van der Waals surface area contributed by atoms with Crippen molar-refractivity contribution in [3.63, 3.8) is 0 Å². The van der Waals surface area contributed by atoms with Crippen LogP contribution in [-0.2, 0) is 9.59 Å². The van der Waals surface area contributed by atoms with Crippen LogP contribution in [0.25, 0.3) is 0 Å². The summed E-state index contributed by atoms with van der Waals surface area (Å²) in [6.07, 6.45) is 3.13. The van der Waals surface area contributed by atoms with Crippen LogP contribution in [0, 0.1) is 13.8 Å². The van der Waals surface area contributed by atoms with E-state index in [-0.39, 0.29) is 24.3 Å². The molecule has 0 spiro atoms. The molecule has 0 aliphatic heterocycles. The molecular weight excluding hydrogens is 350 g/mol. The highest BCUT2D eigenvalue weighted by Crippen LogP contribution is 2.24. The predicted octanol–water partition coefficient (Wildman–Crippen LogP) is 3.93. The normalized spacial score (nSPS) is 11.5. The molecule has 2 aromatic carbocycles. The Balaban J connectivity index is 1.72. The lowest BCUT2D eigenvalue weighted by molar-refractivity contribution is -0.127. The second-order valence-corrected chi connectivity index (χ2v) is 6.73. The van der Waals surface area contributed by atoms with Gasteiger partial charge in [-0.15, -0.1) is 0 Å². The number of nitrogens with zero attached hydrogens (tertiary/aromatic N) is 1. The number of carbonyl (C=O) groups is 2. The molecule has 3 rings (SSSR count). The molecular formula is C23H23N3O2. The molecule has 0 bridgehead atoms. The third-order valence-corrected chi connectivity index (χ3v) is 4.50. The number of aryl methyl sites for hydroxylation is 2. The Morgan fingerprint density at radius 1 is 0.893 bits per heavy atom. The van der Waals surface area contributed by atoms with Crippen LogP contribution in [0.1, 0.15) is 34.7 Å². The van der Waals surface area contributed by atoms with Gasteiger partial charge in [-0.05, 0) is 54.8 Å². The van der Waals surface area contributed by atoms with Gasteiger partial charge in [0.2, 0.25) is 11.8 Å². The molecule has 3 aromatic rings. The molecule has 142 valence electrons. The fourth-order valence-corrected chi connectivity index (χ4v) is 3.01. The van der Waals surface area contributed by atoms with Crippen molar-refractivity contribution in [3.05, 3.63) is 95.3 Å². The van der Waals surface area contributed by atoms with Gasteiger partial charge in [-0.3, -0.25) is 14.6 Å². The number of aromatic nitrogens is 1. The highest BCUT2D eigenvalue weighted by atomic mass is 16.2. The summed E-state index contributed by atoms with van der Waals surface area (Å²) in [5.74, 6) is -0.686. The Morgan fingerprint density at radius 3 is 2.25 bits per heavy atom. The number of hydrogen-bond acceptors (Lipinski definition) is 3. The van der Waals surface area contributed by atoms with Crippen LogP contribution in [0.5, 0.6) is 0 Å². The zero-order valence-corrected chi connectivity index (χ0v) is 16.0. The van der Waals surface area contributed by atoms with Crippen LogP contribution in [0.4, 0.5) is 5.69 Å². The van der Waals surface area contributed by atoms with E-state index in [0.29, 0.717) is 5.69 Å². The smallest absolute Gasteiger partial charge is 0.233 e. The molecule has 0 saturated carbocycles. The van der Waals surface area contributed by atoms with Gasteiger partial charge in [-0.2, -0.15) is 0 Å². The van der Waals surface area contributed by atoms with Crippen molar-refractivity contribution in [1.82, 2.24) is 10.3 Å². The molecule has 1 atom stereocenters. The molecule has 0 saturated heterocycles. The molecule has 5 nitrogen and oxygen atoms in total. The number of rotatable bonds is 6. The zero-order chi connectivity index (χ0) is 19.9. The average Bonchev–Trinajstić information content (AvgIpc) is 2.69. The molecule has 0 aliphatic rings. The van der Waals surface area contributed by atoms with Crippen LogP contribution in [-0.4, -0.2) is 16.8 Å². The number of hydrogen-bond donors (Lipinski definition) is 2. The van der Waals surface area contributed by atoms with Gasteiger partial charge in [0.15, 0.2) is 0 Å². The minimum atomic E-state index is -0.348. The summed E-state index contributed by atoms with van der Waals surface area (Å²) in [5, 5.41) is 5.74. The third kappa shape index (κ3) is 5.04. The van der Waals surface area contributed by atoms with E-state index in [0.717, 1.165) is 22.3 Å². The lowest BCUT2D eigenvalue weighted by Gasteiger charge is -2.21. The summed E-state index contributed by atoms with van der Waals surface area (Å²) in [4.78, 5) is 28.9. The molecule has 0 radical (unpaired) electrons. The van der Waals surface area contributed by atoms with E-state index in [4.69, 9.17) is 0 Å². The molecule has 0 aliphatic carbocycles. The summed E-state index contributed by atoms with van der Waals surface area (Å²) in [6.45, 7) is 3.98. The molecule has 2 N–H and O–H groups in total. The van der Waals surface area contributed by atoms with Gasteiger partial charge < -0.3 is 10.6 Å².